The largest absolute Gasteiger partial charge is 0.460 e. The summed E-state index contributed by atoms with van der Waals surface area (Å²) in [5, 5.41) is 3.82. The predicted molar refractivity (Wildman–Crippen MR) is 75.9 cm³/mol. The molecule has 0 unspecified atom stereocenters. The summed E-state index contributed by atoms with van der Waals surface area (Å²) in [5.41, 5.74) is 0.778. The number of carbonyl (C=O) groups excluding carboxylic acids is 1. The normalized spacial score (nSPS) is 16.1. The highest BCUT2D eigenvalue weighted by Crippen LogP contribution is 2.18. The smallest absolute Gasteiger partial charge is 0.316 e. The number of hydrogen-bond acceptors (Lipinski definition) is 5. The third kappa shape index (κ3) is 2.96. The molecule has 104 valence electrons. The number of piperidine rings is 1. The molecule has 0 aliphatic carbocycles. The summed E-state index contributed by atoms with van der Waals surface area (Å²) in [6.45, 7) is 1.43. The van der Waals surface area contributed by atoms with Gasteiger partial charge in [0.15, 0.2) is 0 Å². The van der Waals surface area contributed by atoms with E-state index in [0.29, 0.717) is 19.1 Å². The molecule has 20 heavy (non-hydrogen) atoms. The lowest BCUT2D eigenvalue weighted by molar-refractivity contribution is 0.0579. The molecule has 5 nitrogen and oxygen atoms in total. The van der Waals surface area contributed by atoms with E-state index < -0.39 is 0 Å². The number of likely N-dealkylation sites (tertiary alicyclic amines) is 1. The van der Waals surface area contributed by atoms with Gasteiger partial charge in [-0.1, -0.05) is 0 Å². The fourth-order valence-corrected chi connectivity index (χ4v) is 2.87. The first kappa shape index (κ1) is 13.1. The van der Waals surface area contributed by atoms with Gasteiger partial charge in [0.2, 0.25) is 0 Å². The topological polar surface area (TPSA) is 55.3 Å². The molecule has 3 heterocycles. The van der Waals surface area contributed by atoms with E-state index in [2.05, 4.69) is 9.97 Å². The molecule has 0 atom stereocenters. The third-order valence-electron chi connectivity index (χ3n) is 3.31. The van der Waals surface area contributed by atoms with Crippen LogP contribution in [-0.2, 0) is 0 Å². The van der Waals surface area contributed by atoms with Crippen LogP contribution < -0.4 is 4.74 Å². The number of hydrogen-bond donors (Lipinski definition) is 0. The van der Waals surface area contributed by atoms with Gasteiger partial charge in [0.05, 0.1) is 5.56 Å². The molecule has 2 aromatic heterocycles. The molecule has 6 heteroatoms. The van der Waals surface area contributed by atoms with Crippen LogP contribution in [0.1, 0.15) is 23.2 Å². The number of aromatic nitrogens is 2. The van der Waals surface area contributed by atoms with Crippen LogP contribution in [0, 0.1) is 0 Å². The monoisotopic (exact) mass is 289 g/mol. The average Bonchev–Trinajstić information content (AvgIpc) is 3.03. The zero-order chi connectivity index (χ0) is 13.8. The summed E-state index contributed by atoms with van der Waals surface area (Å²) in [6, 6.07) is 4.04. The highest BCUT2D eigenvalue weighted by atomic mass is 32.1. The highest BCUT2D eigenvalue weighted by Gasteiger charge is 2.25. The van der Waals surface area contributed by atoms with E-state index in [-0.39, 0.29) is 12.0 Å². The standard InChI is InChI=1S/C14H15N3O2S/c18-13(11-4-9-20-10-11)17-7-2-12(3-8-17)19-14-15-5-1-6-16-14/h1,4-6,9-10,12H,2-3,7-8H2. The van der Waals surface area contributed by atoms with Crippen LogP contribution in [0.15, 0.2) is 35.3 Å². The maximum atomic E-state index is 12.2. The van der Waals surface area contributed by atoms with Crippen molar-refractivity contribution in [3.05, 3.63) is 40.8 Å². The molecule has 1 saturated heterocycles. The molecule has 1 aliphatic rings. The van der Waals surface area contributed by atoms with Crippen LogP contribution >= 0.6 is 11.3 Å². The van der Waals surface area contributed by atoms with Crippen LogP contribution in [0.2, 0.25) is 0 Å². The number of amides is 1. The number of ether oxygens (including phenoxy) is 1. The van der Waals surface area contributed by atoms with Crippen molar-refractivity contribution in [2.24, 2.45) is 0 Å². The molecule has 0 saturated carbocycles. The second-order valence-corrected chi connectivity index (χ2v) is 5.43. The molecule has 1 amide bonds. The van der Waals surface area contributed by atoms with E-state index >= 15 is 0 Å². The van der Waals surface area contributed by atoms with Gasteiger partial charge in [-0.05, 0) is 17.5 Å². The summed E-state index contributed by atoms with van der Waals surface area (Å²) in [4.78, 5) is 22.2. The molecule has 0 radical (unpaired) electrons. The lowest BCUT2D eigenvalue weighted by Gasteiger charge is -2.31. The second kappa shape index (κ2) is 6.00. The summed E-state index contributed by atoms with van der Waals surface area (Å²) < 4.78 is 5.72. The van der Waals surface area contributed by atoms with Crippen molar-refractivity contribution in [1.82, 2.24) is 14.9 Å². The van der Waals surface area contributed by atoms with Gasteiger partial charge in [-0.3, -0.25) is 4.79 Å². The fourth-order valence-electron chi connectivity index (χ4n) is 2.24. The van der Waals surface area contributed by atoms with Crippen molar-refractivity contribution in [2.75, 3.05) is 13.1 Å². The van der Waals surface area contributed by atoms with E-state index in [4.69, 9.17) is 4.74 Å². The summed E-state index contributed by atoms with van der Waals surface area (Å²) >= 11 is 1.55. The lowest BCUT2D eigenvalue weighted by atomic mass is 10.1. The fraction of sp³-hybridized carbons (Fsp3) is 0.357. The zero-order valence-electron chi connectivity index (χ0n) is 10.9. The van der Waals surface area contributed by atoms with Gasteiger partial charge in [-0.25, -0.2) is 9.97 Å². The van der Waals surface area contributed by atoms with Crippen molar-refractivity contribution < 1.29 is 9.53 Å². The maximum absolute atomic E-state index is 12.2. The molecule has 0 N–H and O–H groups in total. The number of nitrogens with zero attached hydrogens (tertiary/aromatic N) is 3. The first-order valence-corrected chi connectivity index (χ1v) is 7.52. The molecule has 3 rings (SSSR count). The summed E-state index contributed by atoms with van der Waals surface area (Å²) in [6.07, 6.45) is 5.04. The van der Waals surface area contributed by atoms with Crippen LogP contribution in [0.5, 0.6) is 6.01 Å². The highest BCUT2D eigenvalue weighted by molar-refractivity contribution is 7.08. The summed E-state index contributed by atoms with van der Waals surface area (Å²) in [5.74, 6) is 0.112. The minimum atomic E-state index is 0.0870. The van der Waals surface area contributed by atoms with Crippen LogP contribution in [0.4, 0.5) is 0 Å². The van der Waals surface area contributed by atoms with Crippen molar-refractivity contribution in [3.63, 3.8) is 0 Å². The third-order valence-corrected chi connectivity index (χ3v) is 3.99. The van der Waals surface area contributed by atoms with E-state index in [1.54, 1.807) is 29.8 Å². The SMILES string of the molecule is O=C(c1ccsc1)N1CCC(Oc2ncccn2)CC1. The van der Waals surface area contributed by atoms with Gasteiger partial charge in [0, 0.05) is 43.7 Å². The van der Waals surface area contributed by atoms with E-state index in [0.717, 1.165) is 18.4 Å². The molecule has 2 aromatic rings. The number of thiophene rings is 1. The molecule has 0 aromatic carbocycles. The number of carbonyl (C=O) groups is 1. The Bertz CT molecular complexity index is 551. The Balaban J connectivity index is 1.53. The van der Waals surface area contributed by atoms with Gasteiger partial charge in [0.25, 0.3) is 5.91 Å². The Kier molecular flexibility index (Phi) is 3.92. The lowest BCUT2D eigenvalue weighted by Crippen LogP contribution is -2.41. The van der Waals surface area contributed by atoms with Crippen molar-refractivity contribution >= 4 is 17.2 Å². The predicted octanol–water partition coefficient (Wildman–Crippen LogP) is 2.22. The van der Waals surface area contributed by atoms with Gasteiger partial charge < -0.3 is 9.64 Å². The van der Waals surface area contributed by atoms with Gasteiger partial charge >= 0.3 is 6.01 Å². The van der Waals surface area contributed by atoms with E-state index in [1.165, 1.54) is 0 Å². The van der Waals surface area contributed by atoms with Crippen molar-refractivity contribution in [2.45, 2.75) is 18.9 Å². The number of rotatable bonds is 3. The van der Waals surface area contributed by atoms with Crippen molar-refractivity contribution in [3.8, 4) is 6.01 Å². The molecule has 0 spiro atoms. The minimum Gasteiger partial charge on any atom is -0.460 e. The molecule has 1 aliphatic heterocycles. The maximum Gasteiger partial charge on any atom is 0.316 e. The summed E-state index contributed by atoms with van der Waals surface area (Å²) in [7, 11) is 0. The van der Waals surface area contributed by atoms with Crippen LogP contribution in [-0.4, -0.2) is 40.0 Å². The van der Waals surface area contributed by atoms with Crippen molar-refractivity contribution in [1.29, 1.82) is 0 Å². The minimum absolute atomic E-state index is 0.0870. The Morgan fingerprint density at radius 1 is 1.30 bits per heavy atom. The Hall–Kier alpha value is -1.95. The van der Waals surface area contributed by atoms with Crippen LogP contribution in [0.25, 0.3) is 0 Å². The van der Waals surface area contributed by atoms with E-state index in [1.807, 2.05) is 21.7 Å². The first-order valence-electron chi connectivity index (χ1n) is 6.58. The molecular formula is C14H15N3O2S. The van der Waals surface area contributed by atoms with Gasteiger partial charge in [-0.2, -0.15) is 11.3 Å². The second-order valence-electron chi connectivity index (χ2n) is 4.65. The Labute approximate surface area is 121 Å². The quantitative estimate of drug-likeness (QED) is 0.869. The Morgan fingerprint density at radius 3 is 2.70 bits per heavy atom. The van der Waals surface area contributed by atoms with Gasteiger partial charge in [0.1, 0.15) is 6.10 Å². The van der Waals surface area contributed by atoms with E-state index in [9.17, 15) is 4.79 Å². The van der Waals surface area contributed by atoms with Gasteiger partial charge in [-0.15, -0.1) is 0 Å². The van der Waals surface area contributed by atoms with Crippen LogP contribution in [0.3, 0.4) is 0 Å². The molecular weight excluding hydrogens is 274 g/mol. The zero-order valence-corrected chi connectivity index (χ0v) is 11.8. The Morgan fingerprint density at radius 2 is 2.05 bits per heavy atom. The molecule has 0 bridgehead atoms. The first-order chi connectivity index (χ1) is 9.83. The molecule has 1 fully saturated rings. The average molecular weight is 289 g/mol.